The van der Waals surface area contributed by atoms with Crippen LogP contribution < -0.4 is 5.32 Å². The van der Waals surface area contributed by atoms with Gasteiger partial charge in [-0.3, -0.25) is 4.79 Å². The molecule has 2 aromatic carbocycles. The highest BCUT2D eigenvalue weighted by Crippen LogP contribution is 2.24. The lowest BCUT2D eigenvalue weighted by Gasteiger charge is -2.17. The van der Waals surface area contributed by atoms with Crippen LogP contribution in [0.3, 0.4) is 0 Å². The summed E-state index contributed by atoms with van der Waals surface area (Å²) < 4.78 is 26.0. The molecule has 2 rings (SSSR count). The van der Waals surface area contributed by atoms with E-state index in [1.165, 1.54) is 18.8 Å². The number of nitrogens with zero attached hydrogens (tertiary/aromatic N) is 1. The molecule has 0 atom stereocenters. The van der Waals surface area contributed by atoms with Crippen molar-refractivity contribution in [3.8, 4) is 0 Å². The molecule has 0 aliphatic rings. The molecule has 128 valence electrons. The number of rotatable bonds is 6. The van der Waals surface area contributed by atoms with Crippen LogP contribution in [0.2, 0.25) is 0 Å². The van der Waals surface area contributed by atoms with E-state index in [0.29, 0.717) is 5.69 Å². The predicted octanol–water partition coefficient (Wildman–Crippen LogP) is 2.98. The maximum Gasteiger partial charge on any atom is 0.243 e. The van der Waals surface area contributed by atoms with Crippen molar-refractivity contribution in [2.75, 3.05) is 25.2 Å². The van der Waals surface area contributed by atoms with Crippen LogP contribution in [0.4, 0.5) is 5.69 Å². The van der Waals surface area contributed by atoms with E-state index in [0.717, 1.165) is 14.8 Å². The van der Waals surface area contributed by atoms with Gasteiger partial charge in [-0.05, 0) is 37.4 Å². The van der Waals surface area contributed by atoms with Gasteiger partial charge in [-0.2, -0.15) is 4.31 Å². The van der Waals surface area contributed by atoms with E-state index in [2.05, 4.69) is 5.32 Å². The molecular formula is C17H20N2O3S2. The third-order valence-corrected chi connectivity index (χ3v) is 6.09. The predicted molar refractivity (Wildman–Crippen MR) is 97.8 cm³/mol. The zero-order chi connectivity index (χ0) is 17.7. The molecule has 5 nitrogen and oxygen atoms in total. The molecule has 0 radical (unpaired) electrons. The lowest BCUT2D eigenvalue weighted by atomic mass is 10.2. The van der Waals surface area contributed by atoms with Crippen LogP contribution in [-0.4, -0.2) is 38.5 Å². The Kier molecular flexibility index (Phi) is 6.04. The molecule has 0 fully saturated rings. The van der Waals surface area contributed by atoms with Gasteiger partial charge in [0.15, 0.2) is 0 Å². The van der Waals surface area contributed by atoms with Crippen molar-refractivity contribution in [1.29, 1.82) is 0 Å². The fourth-order valence-corrected chi connectivity index (χ4v) is 3.80. The molecule has 0 spiro atoms. The first-order valence-corrected chi connectivity index (χ1v) is 9.97. The topological polar surface area (TPSA) is 66.5 Å². The van der Waals surface area contributed by atoms with Crippen molar-refractivity contribution in [3.05, 3.63) is 54.1 Å². The van der Waals surface area contributed by atoms with E-state index in [1.807, 2.05) is 31.4 Å². The lowest BCUT2D eigenvalue weighted by Crippen LogP contribution is -2.35. The van der Waals surface area contributed by atoms with Crippen LogP contribution in [0.25, 0.3) is 0 Å². The summed E-state index contributed by atoms with van der Waals surface area (Å²) in [6.07, 6.45) is 1.92. The van der Waals surface area contributed by atoms with Crippen LogP contribution in [0.1, 0.15) is 5.56 Å². The third kappa shape index (κ3) is 4.37. The number of para-hydroxylation sites is 1. The zero-order valence-corrected chi connectivity index (χ0v) is 15.4. The van der Waals surface area contributed by atoms with Gasteiger partial charge < -0.3 is 5.32 Å². The fraction of sp³-hybridized carbons (Fsp3) is 0.235. The number of nitrogens with one attached hydrogen (secondary N) is 1. The maximum atomic E-state index is 12.5. The highest BCUT2D eigenvalue weighted by Gasteiger charge is 2.23. The van der Waals surface area contributed by atoms with Crippen molar-refractivity contribution in [3.63, 3.8) is 0 Å². The van der Waals surface area contributed by atoms with Gasteiger partial charge in [-0.1, -0.05) is 29.8 Å². The second-order valence-electron chi connectivity index (χ2n) is 5.32. The number of amides is 1. The van der Waals surface area contributed by atoms with Crippen LogP contribution in [0, 0.1) is 6.92 Å². The van der Waals surface area contributed by atoms with Crippen molar-refractivity contribution >= 4 is 33.4 Å². The molecule has 0 heterocycles. The second kappa shape index (κ2) is 7.83. The number of carbonyl (C=O) groups is 1. The molecule has 0 aliphatic carbocycles. The Morgan fingerprint density at radius 1 is 1.12 bits per heavy atom. The molecule has 1 amide bonds. The Balaban J connectivity index is 2.09. The summed E-state index contributed by atoms with van der Waals surface area (Å²) in [5.41, 5.74) is 1.65. The molecule has 2 aromatic rings. The summed E-state index contributed by atoms with van der Waals surface area (Å²) in [4.78, 5) is 13.3. The van der Waals surface area contributed by atoms with Gasteiger partial charge in [0, 0.05) is 11.9 Å². The van der Waals surface area contributed by atoms with Crippen molar-refractivity contribution in [2.45, 2.75) is 16.7 Å². The molecule has 0 bridgehead atoms. The molecule has 24 heavy (non-hydrogen) atoms. The third-order valence-electron chi connectivity index (χ3n) is 3.48. The molecule has 0 aromatic heterocycles. The highest BCUT2D eigenvalue weighted by atomic mass is 32.2. The van der Waals surface area contributed by atoms with Gasteiger partial charge >= 0.3 is 0 Å². The fourth-order valence-electron chi connectivity index (χ4n) is 2.12. The SMILES string of the molecule is CSc1ccccc1NC(=O)CN(C)S(=O)(=O)c1ccc(C)cc1. The minimum atomic E-state index is -3.69. The average molecular weight is 364 g/mol. The van der Waals surface area contributed by atoms with E-state index in [1.54, 1.807) is 30.3 Å². The van der Waals surface area contributed by atoms with Gasteiger partial charge in [0.05, 0.1) is 17.1 Å². The van der Waals surface area contributed by atoms with Crippen molar-refractivity contribution in [2.24, 2.45) is 0 Å². The molecule has 0 aliphatic heterocycles. The van der Waals surface area contributed by atoms with Crippen LogP contribution in [0.5, 0.6) is 0 Å². The number of carbonyl (C=O) groups excluding carboxylic acids is 1. The summed E-state index contributed by atoms with van der Waals surface area (Å²) in [6, 6.07) is 13.9. The number of thioether (sulfide) groups is 1. The molecule has 7 heteroatoms. The monoisotopic (exact) mass is 364 g/mol. The van der Waals surface area contributed by atoms with Gasteiger partial charge in [0.1, 0.15) is 0 Å². The van der Waals surface area contributed by atoms with Gasteiger partial charge in [-0.15, -0.1) is 11.8 Å². The normalized spacial score (nSPS) is 11.5. The molecule has 0 unspecified atom stereocenters. The van der Waals surface area contributed by atoms with E-state index in [4.69, 9.17) is 0 Å². The molecule has 0 saturated heterocycles. The number of benzene rings is 2. The molecule has 1 N–H and O–H groups in total. The minimum Gasteiger partial charge on any atom is -0.324 e. The number of hydrogen-bond acceptors (Lipinski definition) is 4. The van der Waals surface area contributed by atoms with Crippen molar-refractivity contribution in [1.82, 2.24) is 4.31 Å². The summed E-state index contributed by atoms with van der Waals surface area (Å²) in [5, 5.41) is 2.76. The summed E-state index contributed by atoms with van der Waals surface area (Å²) in [6.45, 7) is 1.63. The Morgan fingerprint density at radius 2 is 1.75 bits per heavy atom. The highest BCUT2D eigenvalue weighted by molar-refractivity contribution is 7.98. The number of sulfonamides is 1. The van der Waals surface area contributed by atoms with Gasteiger partial charge in [0.25, 0.3) is 0 Å². The van der Waals surface area contributed by atoms with Crippen molar-refractivity contribution < 1.29 is 13.2 Å². The number of likely N-dealkylation sites (N-methyl/N-ethyl adjacent to an activating group) is 1. The summed E-state index contributed by atoms with van der Waals surface area (Å²) in [7, 11) is -2.29. The summed E-state index contributed by atoms with van der Waals surface area (Å²) in [5.74, 6) is -0.380. The smallest absolute Gasteiger partial charge is 0.243 e. The van der Waals surface area contributed by atoms with E-state index in [9.17, 15) is 13.2 Å². The Bertz CT molecular complexity index is 818. The first-order valence-electron chi connectivity index (χ1n) is 7.30. The molecular weight excluding hydrogens is 344 g/mol. The maximum absolute atomic E-state index is 12.5. The largest absolute Gasteiger partial charge is 0.324 e. The number of aryl methyl sites for hydroxylation is 1. The zero-order valence-electron chi connectivity index (χ0n) is 13.8. The second-order valence-corrected chi connectivity index (χ2v) is 8.22. The standard InChI is InChI=1S/C17H20N2O3S2/c1-13-8-10-14(11-9-13)24(21,22)19(2)12-17(20)18-15-6-4-5-7-16(15)23-3/h4-11H,12H2,1-3H3,(H,18,20). The number of hydrogen-bond donors (Lipinski definition) is 1. The van der Waals surface area contributed by atoms with Crippen LogP contribution in [0.15, 0.2) is 58.3 Å². The van der Waals surface area contributed by atoms with Crippen LogP contribution >= 0.6 is 11.8 Å². The Hall–Kier alpha value is -1.83. The molecule has 0 saturated carbocycles. The quantitative estimate of drug-likeness (QED) is 0.800. The number of anilines is 1. The van der Waals surface area contributed by atoms with E-state index < -0.39 is 10.0 Å². The first kappa shape index (κ1) is 18.5. The Morgan fingerprint density at radius 3 is 2.38 bits per heavy atom. The summed E-state index contributed by atoms with van der Waals surface area (Å²) >= 11 is 1.51. The van der Waals surface area contributed by atoms with Crippen LogP contribution in [-0.2, 0) is 14.8 Å². The lowest BCUT2D eigenvalue weighted by molar-refractivity contribution is -0.116. The first-order chi connectivity index (χ1) is 11.3. The van der Waals surface area contributed by atoms with E-state index >= 15 is 0 Å². The van der Waals surface area contributed by atoms with Gasteiger partial charge in [0.2, 0.25) is 15.9 Å². The Labute approximate surface area is 147 Å². The minimum absolute atomic E-state index is 0.174. The average Bonchev–Trinajstić information content (AvgIpc) is 2.55. The van der Waals surface area contributed by atoms with Gasteiger partial charge in [-0.25, -0.2) is 8.42 Å². The van der Waals surface area contributed by atoms with E-state index in [-0.39, 0.29) is 17.3 Å².